The molecule has 0 aromatic heterocycles. The number of hydrogen-bond acceptors (Lipinski definition) is 4. The van der Waals surface area contributed by atoms with Gasteiger partial charge in [0.2, 0.25) is 0 Å². The highest BCUT2D eigenvalue weighted by Gasteiger charge is 2.48. The van der Waals surface area contributed by atoms with Crippen molar-refractivity contribution in [3.05, 3.63) is 48.0 Å². The maximum absolute atomic E-state index is 12.4. The quantitative estimate of drug-likeness (QED) is 0.619. The molecule has 22 heavy (non-hydrogen) atoms. The predicted octanol–water partition coefficient (Wildman–Crippen LogP) is 3.09. The fourth-order valence-corrected chi connectivity index (χ4v) is 3.14. The van der Waals surface area contributed by atoms with E-state index in [1.165, 1.54) is 0 Å². The molecule has 1 aromatic carbocycles. The molecule has 1 fully saturated rings. The first-order valence-corrected chi connectivity index (χ1v) is 7.66. The van der Waals surface area contributed by atoms with Crippen molar-refractivity contribution in [2.24, 2.45) is 11.8 Å². The van der Waals surface area contributed by atoms with Gasteiger partial charge in [-0.3, -0.25) is 9.59 Å². The fourth-order valence-electron chi connectivity index (χ4n) is 3.14. The summed E-state index contributed by atoms with van der Waals surface area (Å²) in [4.78, 5) is 24.6. The molecule has 2 rings (SSSR count). The maximum Gasteiger partial charge on any atom is 0.310 e. The summed E-state index contributed by atoms with van der Waals surface area (Å²) in [6.45, 7) is 8.19. The van der Waals surface area contributed by atoms with Crippen LogP contribution in [0.15, 0.2) is 42.5 Å². The normalized spacial score (nSPS) is 24.1. The second-order valence-electron chi connectivity index (χ2n) is 5.39. The van der Waals surface area contributed by atoms with Gasteiger partial charge in [0.1, 0.15) is 0 Å². The van der Waals surface area contributed by atoms with Gasteiger partial charge in [0.05, 0.1) is 25.0 Å². The molecule has 4 heteroatoms. The number of allylic oxidation sites excluding steroid dienone is 1. The van der Waals surface area contributed by atoms with Crippen LogP contribution in [0.3, 0.4) is 0 Å². The van der Waals surface area contributed by atoms with Crippen molar-refractivity contribution in [2.75, 3.05) is 13.2 Å². The molecule has 1 saturated carbocycles. The topological polar surface area (TPSA) is 52.6 Å². The number of carbonyl (C=O) groups is 2. The molecule has 0 heterocycles. The van der Waals surface area contributed by atoms with Gasteiger partial charge in [0.15, 0.2) is 0 Å². The molecule has 0 amide bonds. The molecule has 0 N–H and O–H groups in total. The first-order chi connectivity index (χ1) is 10.6. The van der Waals surface area contributed by atoms with Crippen LogP contribution in [0, 0.1) is 11.8 Å². The van der Waals surface area contributed by atoms with Gasteiger partial charge in [0.25, 0.3) is 0 Å². The lowest BCUT2D eigenvalue weighted by molar-refractivity contribution is -0.159. The van der Waals surface area contributed by atoms with Gasteiger partial charge in [0, 0.05) is 5.92 Å². The van der Waals surface area contributed by atoms with E-state index in [-0.39, 0.29) is 17.9 Å². The summed E-state index contributed by atoms with van der Waals surface area (Å²) < 4.78 is 10.3. The summed E-state index contributed by atoms with van der Waals surface area (Å²) in [5.41, 5.74) is 1.86. The van der Waals surface area contributed by atoms with E-state index in [4.69, 9.17) is 9.47 Å². The van der Waals surface area contributed by atoms with Gasteiger partial charge in [-0.25, -0.2) is 0 Å². The highest BCUT2D eigenvalue weighted by molar-refractivity contribution is 5.85. The molecule has 3 unspecified atom stereocenters. The van der Waals surface area contributed by atoms with Gasteiger partial charge in [-0.15, -0.1) is 0 Å². The summed E-state index contributed by atoms with van der Waals surface area (Å²) in [5.74, 6) is -1.98. The van der Waals surface area contributed by atoms with Crippen molar-refractivity contribution in [2.45, 2.75) is 26.2 Å². The summed E-state index contributed by atoms with van der Waals surface area (Å²) in [5, 5.41) is 0. The maximum atomic E-state index is 12.4. The van der Waals surface area contributed by atoms with Crippen LogP contribution < -0.4 is 0 Å². The molecule has 0 saturated heterocycles. The minimum Gasteiger partial charge on any atom is -0.466 e. The Hall–Kier alpha value is -2.10. The Kier molecular flexibility index (Phi) is 5.36. The van der Waals surface area contributed by atoms with Crippen LogP contribution >= 0.6 is 0 Å². The average Bonchev–Trinajstić information content (AvgIpc) is 2.86. The lowest BCUT2D eigenvalue weighted by atomic mass is 9.84. The SMILES string of the molecule is C=C1CC(C(=O)OCC)C(C(=O)OCC)C1c1ccccc1. The molecule has 1 aliphatic carbocycles. The molecule has 1 aromatic rings. The van der Waals surface area contributed by atoms with Crippen molar-refractivity contribution >= 4 is 11.9 Å². The van der Waals surface area contributed by atoms with Crippen LogP contribution in [-0.4, -0.2) is 25.2 Å². The fraction of sp³-hybridized carbons (Fsp3) is 0.444. The van der Waals surface area contributed by atoms with E-state index < -0.39 is 11.8 Å². The smallest absolute Gasteiger partial charge is 0.310 e. The summed E-state index contributed by atoms with van der Waals surface area (Å²) in [6, 6.07) is 9.67. The second-order valence-corrected chi connectivity index (χ2v) is 5.39. The number of benzene rings is 1. The van der Waals surface area contributed by atoms with Crippen LogP contribution in [0.2, 0.25) is 0 Å². The molecular weight excluding hydrogens is 280 g/mol. The molecule has 118 valence electrons. The van der Waals surface area contributed by atoms with Gasteiger partial charge in [-0.1, -0.05) is 42.5 Å². The van der Waals surface area contributed by atoms with Crippen molar-refractivity contribution < 1.29 is 19.1 Å². The van der Waals surface area contributed by atoms with E-state index in [0.717, 1.165) is 11.1 Å². The standard InChI is InChI=1S/C18H22O4/c1-4-21-17(19)14-11-12(3)15(13-9-7-6-8-10-13)16(14)18(20)22-5-2/h6-10,14-16H,3-5,11H2,1-2H3. The average molecular weight is 302 g/mol. The van der Waals surface area contributed by atoms with Gasteiger partial charge >= 0.3 is 11.9 Å². The number of ether oxygens (including phenoxy) is 2. The van der Waals surface area contributed by atoms with E-state index in [0.29, 0.717) is 19.6 Å². The summed E-state index contributed by atoms with van der Waals surface area (Å²) >= 11 is 0. The Labute approximate surface area is 131 Å². The number of rotatable bonds is 5. The van der Waals surface area contributed by atoms with Crippen LogP contribution in [0.4, 0.5) is 0 Å². The molecule has 3 atom stereocenters. The highest BCUT2D eigenvalue weighted by Crippen LogP contribution is 2.47. The van der Waals surface area contributed by atoms with Crippen LogP contribution in [0.5, 0.6) is 0 Å². The molecule has 0 spiro atoms. The molecule has 4 nitrogen and oxygen atoms in total. The van der Waals surface area contributed by atoms with E-state index in [1.54, 1.807) is 13.8 Å². The van der Waals surface area contributed by atoms with E-state index in [1.807, 2.05) is 30.3 Å². The summed E-state index contributed by atoms with van der Waals surface area (Å²) in [7, 11) is 0. The Balaban J connectivity index is 2.36. The monoisotopic (exact) mass is 302 g/mol. The number of hydrogen-bond donors (Lipinski definition) is 0. The third-order valence-electron chi connectivity index (χ3n) is 4.02. The predicted molar refractivity (Wildman–Crippen MR) is 83.2 cm³/mol. The van der Waals surface area contributed by atoms with Gasteiger partial charge in [-0.2, -0.15) is 0 Å². The van der Waals surface area contributed by atoms with Crippen molar-refractivity contribution in [3.8, 4) is 0 Å². The van der Waals surface area contributed by atoms with Crippen LogP contribution in [-0.2, 0) is 19.1 Å². The van der Waals surface area contributed by atoms with Crippen LogP contribution in [0.1, 0.15) is 31.7 Å². The number of esters is 2. The zero-order chi connectivity index (χ0) is 16.1. The molecule has 0 bridgehead atoms. The van der Waals surface area contributed by atoms with Crippen molar-refractivity contribution in [1.29, 1.82) is 0 Å². The second kappa shape index (κ2) is 7.25. The largest absolute Gasteiger partial charge is 0.466 e. The van der Waals surface area contributed by atoms with E-state index in [2.05, 4.69) is 6.58 Å². The Morgan fingerprint density at radius 3 is 2.27 bits per heavy atom. The Morgan fingerprint density at radius 1 is 1.09 bits per heavy atom. The van der Waals surface area contributed by atoms with E-state index in [9.17, 15) is 9.59 Å². The van der Waals surface area contributed by atoms with E-state index >= 15 is 0 Å². The van der Waals surface area contributed by atoms with Crippen molar-refractivity contribution in [3.63, 3.8) is 0 Å². The highest BCUT2D eigenvalue weighted by atomic mass is 16.5. The summed E-state index contributed by atoms with van der Waals surface area (Å²) in [6.07, 6.45) is 0.460. The first-order valence-electron chi connectivity index (χ1n) is 7.66. The lowest BCUT2D eigenvalue weighted by Crippen LogP contribution is -2.31. The third kappa shape index (κ3) is 3.21. The number of carbonyl (C=O) groups excluding carboxylic acids is 2. The minimum atomic E-state index is -0.561. The zero-order valence-electron chi connectivity index (χ0n) is 13.1. The third-order valence-corrected chi connectivity index (χ3v) is 4.02. The molecule has 0 aliphatic heterocycles. The van der Waals surface area contributed by atoms with Crippen molar-refractivity contribution in [1.82, 2.24) is 0 Å². The van der Waals surface area contributed by atoms with Crippen LogP contribution in [0.25, 0.3) is 0 Å². The zero-order valence-corrected chi connectivity index (χ0v) is 13.1. The molecule has 0 radical (unpaired) electrons. The first kappa shape index (κ1) is 16.3. The Morgan fingerprint density at radius 2 is 1.68 bits per heavy atom. The molecular formula is C18H22O4. The Bertz CT molecular complexity index is 549. The van der Waals surface area contributed by atoms with Gasteiger partial charge < -0.3 is 9.47 Å². The lowest BCUT2D eigenvalue weighted by Gasteiger charge is -2.22. The molecule has 1 aliphatic rings. The van der Waals surface area contributed by atoms with Gasteiger partial charge in [-0.05, 0) is 25.8 Å². The minimum absolute atomic E-state index is 0.199.